The second kappa shape index (κ2) is 7.50. The quantitative estimate of drug-likeness (QED) is 0.441. The number of methoxy groups -OCH3 is 1. The summed E-state index contributed by atoms with van der Waals surface area (Å²) in [4.78, 5) is 10.9. The van der Waals surface area contributed by atoms with E-state index >= 15 is 0 Å². The molecular weight excluding hydrogens is 425 g/mol. The van der Waals surface area contributed by atoms with Gasteiger partial charge in [-0.15, -0.1) is 0 Å². The highest BCUT2D eigenvalue weighted by Crippen LogP contribution is 2.60. The third-order valence-electron chi connectivity index (χ3n) is 3.03. The van der Waals surface area contributed by atoms with Crippen molar-refractivity contribution in [2.45, 2.75) is 42.2 Å². The van der Waals surface area contributed by atoms with Gasteiger partial charge in [-0.05, 0) is 6.42 Å². The first-order valence-electron chi connectivity index (χ1n) is 6.46. The fraction of sp³-hybridized carbons (Fsp3) is 0.909. The molecule has 1 N–H and O–H groups in total. The van der Waals surface area contributed by atoms with E-state index < -0.39 is 48.2 Å². The highest BCUT2D eigenvalue weighted by molar-refractivity contribution is 5.84. The summed E-state index contributed by atoms with van der Waals surface area (Å²) in [6.45, 7) is -1.17. The Kier molecular flexibility index (Phi) is 7.09. The van der Waals surface area contributed by atoms with Gasteiger partial charge in [-0.2, -0.15) is 57.1 Å². The lowest BCUT2D eigenvalue weighted by Gasteiger charge is -2.39. The first-order chi connectivity index (χ1) is 11.7. The van der Waals surface area contributed by atoms with Crippen LogP contribution in [0.25, 0.3) is 0 Å². The van der Waals surface area contributed by atoms with E-state index in [1.807, 2.05) is 0 Å². The maximum Gasteiger partial charge on any atom is 0.460 e. The topological polar surface area (TPSA) is 38.3 Å². The Hall–Kier alpha value is -1.48. The van der Waals surface area contributed by atoms with Crippen molar-refractivity contribution in [3.8, 4) is 0 Å². The first kappa shape index (κ1) is 25.5. The van der Waals surface area contributed by atoms with Gasteiger partial charge in [0.1, 0.15) is 0 Å². The van der Waals surface area contributed by atoms with E-state index in [-0.39, 0.29) is 13.0 Å². The summed E-state index contributed by atoms with van der Waals surface area (Å²) in [6.07, 6.45) is -7.84. The van der Waals surface area contributed by atoms with Crippen LogP contribution in [0.5, 0.6) is 0 Å². The van der Waals surface area contributed by atoms with E-state index in [1.54, 1.807) is 0 Å². The maximum atomic E-state index is 13.3. The summed E-state index contributed by atoms with van der Waals surface area (Å²) in [5, 5.41) is 0.919. The number of nitrogens with one attached hydrogen (secondary N) is 1. The molecule has 0 bridgehead atoms. The predicted octanol–water partition coefficient (Wildman–Crippen LogP) is 3.88. The number of rotatable bonds is 9. The normalized spacial score (nSPS) is 15.0. The first-order valence-corrected chi connectivity index (χ1v) is 6.46. The molecule has 0 aliphatic carbocycles. The molecule has 16 heteroatoms. The molecule has 3 nitrogen and oxygen atoms in total. The van der Waals surface area contributed by atoms with Gasteiger partial charge >= 0.3 is 35.8 Å². The minimum absolute atomic E-state index is 0.256. The summed E-state index contributed by atoms with van der Waals surface area (Å²) in [5.74, 6) is -41.5. The highest BCUT2D eigenvalue weighted by atomic mass is 19.4. The Morgan fingerprint density at radius 2 is 1.15 bits per heavy atom. The fourth-order valence-electron chi connectivity index (χ4n) is 1.44. The summed E-state index contributed by atoms with van der Waals surface area (Å²) >= 11 is 0. The summed E-state index contributed by atoms with van der Waals surface area (Å²) in [5.41, 5.74) is 0. The van der Waals surface area contributed by atoms with Gasteiger partial charge in [0, 0.05) is 20.3 Å². The summed E-state index contributed by atoms with van der Waals surface area (Å²) in [6, 6.07) is 0. The zero-order valence-electron chi connectivity index (χ0n) is 12.9. The molecule has 0 unspecified atom stereocenters. The molecule has 0 fully saturated rings. The Labute approximate surface area is 141 Å². The summed E-state index contributed by atoms with van der Waals surface area (Å²) in [7, 11) is 1.08. The largest absolute Gasteiger partial charge is 0.460 e. The van der Waals surface area contributed by atoms with Crippen LogP contribution in [0, 0.1) is 0 Å². The SMILES string of the molecule is COCCCNC(=O)C(F)(F)C(F)(F)C(F)(F)C(F)(F)C(F)(F)C(F)(F)F. The molecule has 0 aromatic heterocycles. The molecule has 0 spiro atoms. The van der Waals surface area contributed by atoms with Crippen LogP contribution in [0.2, 0.25) is 0 Å². The molecule has 0 aliphatic rings. The summed E-state index contributed by atoms with van der Waals surface area (Å²) < 4.78 is 170. The molecular formula is C11H10F13NO2. The molecule has 0 saturated heterocycles. The molecule has 0 heterocycles. The highest BCUT2D eigenvalue weighted by Gasteiger charge is 2.91. The van der Waals surface area contributed by atoms with Gasteiger partial charge in [0.05, 0.1) is 0 Å². The lowest BCUT2D eigenvalue weighted by Crippen LogP contribution is -2.72. The van der Waals surface area contributed by atoms with E-state index in [2.05, 4.69) is 4.74 Å². The lowest BCUT2D eigenvalue weighted by molar-refractivity contribution is -0.436. The molecule has 0 saturated carbocycles. The van der Waals surface area contributed by atoms with E-state index in [1.165, 1.54) is 0 Å². The second-order valence-corrected chi connectivity index (χ2v) is 4.97. The number of hydrogen-bond acceptors (Lipinski definition) is 2. The van der Waals surface area contributed by atoms with Crippen LogP contribution in [-0.2, 0) is 9.53 Å². The molecule has 0 radical (unpaired) electrons. The zero-order valence-corrected chi connectivity index (χ0v) is 12.9. The van der Waals surface area contributed by atoms with Crippen LogP contribution >= 0.6 is 0 Å². The third kappa shape index (κ3) is 4.03. The molecule has 0 aromatic rings. The molecule has 0 aliphatic heterocycles. The second-order valence-electron chi connectivity index (χ2n) is 4.97. The van der Waals surface area contributed by atoms with Crippen LogP contribution in [-0.4, -0.2) is 62.0 Å². The van der Waals surface area contributed by atoms with E-state index in [0.29, 0.717) is 0 Å². The minimum atomic E-state index is -8.03. The minimum Gasteiger partial charge on any atom is -0.385 e. The van der Waals surface area contributed by atoms with Crippen molar-refractivity contribution >= 4 is 5.91 Å². The Morgan fingerprint density at radius 3 is 1.52 bits per heavy atom. The number of halogens is 13. The monoisotopic (exact) mass is 435 g/mol. The van der Waals surface area contributed by atoms with Crippen molar-refractivity contribution < 1.29 is 66.6 Å². The van der Waals surface area contributed by atoms with Gasteiger partial charge in [-0.3, -0.25) is 4.79 Å². The van der Waals surface area contributed by atoms with Gasteiger partial charge in [0.15, 0.2) is 0 Å². The predicted molar refractivity (Wildman–Crippen MR) is 60.3 cm³/mol. The van der Waals surface area contributed by atoms with Crippen molar-refractivity contribution in [3.63, 3.8) is 0 Å². The van der Waals surface area contributed by atoms with Gasteiger partial charge in [-0.1, -0.05) is 0 Å². The van der Waals surface area contributed by atoms with Crippen molar-refractivity contribution in [1.29, 1.82) is 0 Å². The number of ether oxygens (including phenoxy) is 1. The fourth-order valence-corrected chi connectivity index (χ4v) is 1.44. The molecule has 0 atom stereocenters. The van der Waals surface area contributed by atoms with Crippen LogP contribution < -0.4 is 5.32 Å². The van der Waals surface area contributed by atoms with Crippen LogP contribution in [0.4, 0.5) is 57.1 Å². The molecule has 0 aromatic carbocycles. The van der Waals surface area contributed by atoms with Crippen LogP contribution in [0.3, 0.4) is 0 Å². The van der Waals surface area contributed by atoms with Gasteiger partial charge in [0.2, 0.25) is 0 Å². The molecule has 0 rings (SSSR count). The smallest absolute Gasteiger partial charge is 0.385 e. The van der Waals surface area contributed by atoms with Crippen LogP contribution in [0.15, 0.2) is 0 Å². The molecule has 162 valence electrons. The van der Waals surface area contributed by atoms with Gasteiger partial charge < -0.3 is 10.1 Å². The number of hydrogen-bond donors (Lipinski definition) is 1. The van der Waals surface area contributed by atoms with Crippen molar-refractivity contribution in [2.24, 2.45) is 0 Å². The van der Waals surface area contributed by atoms with E-state index in [9.17, 15) is 61.9 Å². The Morgan fingerprint density at radius 1 is 0.741 bits per heavy atom. The average molecular weight is 435 g/mol. The number of carbonyl (C=O) groups excluding carboxylic acids is 1. The number of alkyl halides is 13. The van der Waals surface area contributed by atoms with Crippen molar-refractivity contribution in [2.75, 3.05) is 20.3 Å². The van der Waals surface area contributed by atoms with Crippen molar-refractivity contribution in [3.05, 3.63) is 0 Å². The Bertz CT molecular complexity index is 529. The third-order valence-corrected chi connectivity index (χ3v) is 3.03. The average Bonchev–Trinajstić information content (AvgIpc) is 2.49. The van der Waals surface area contributed by atoms with Crippen molar-refractivity contribution in [1.82, 2.24) is 5.32 Å². The van der Waals surface area contributed by atoms with E-state index in [4.69, 9.17) is 0 Å². The molecule has 1 amide bonds. The number of amides is 1. The van der Waals surface area contributed by atoms with Gasteiger partial charge in [0.25, 0.3) is 5.91 Å². The maximum absolute atomic E-state index is 13.3. The zero-order chi connectivity index (χ0) is 22.1. The van der Waals surface area contributed by atoms with Gasteiger partial charge in [-0.25, -0.2) is 0 Å². The standard InChI is InChI=1S/C11H10F13NO2/c1-27-4-2-3-25-5(26)6(12,13)7(14,15)8(16,17)9(18,19)10(20,21)11(22,23)24/h2-4H2,1H3,(H,25,26). The lowest BCUT2D eigenvalue weighted by atomic mass is 9.93. The Balaban J connectivity index is 5.90. The van der Waals surface area contributed by atoms with Crippen LogP contribution in [0.1, 0.15) is 6.42 Å². The number of carbonyl (C=O) groups is 1. The molecule has 27 heavy (non-hydrogen) atoms. The van der Waals surface area contributed by atoms with E-state index in [0.717, 1.165) is 12.4 Å².